The third-order valence-corrected chi connectivity index (χ3v) is 4.15. The minimum absolute atomic E-state index is 0.151. The first-order valence-electron chi connectivity index (χ1n) is 6.35. The van der Waals surface area contributed by atoms with Gasteiger partial charge in [-0.3, -0.25) is 4.79 Å². The van der Waals surface area contributed by atoms with Crippen LogP contribution in [0.4, 0.5) is 0 Å². The molecule has 0 aromatic heterocycles. The van der Waals surface area contributed by atoms with Gasteiger partial charge in [0.25, 0.3) is 15.0 Å². The van der Waals surface area contributed by atoms with Crippen LogP contribution in [-0.4, -0.2) is 38.9 Å². The van der Waals surface area contributed by atoms with Gasteiger partial charge in [-0.05, 0) is 39.0 Å². The predicted octanol–water partition coefficient (Wildman–Crippen LogP) is 2.49. The Morgan fingerprint density at radius 2 is 1.85 bits per heavy atom. The molecule has 0 aliphatic rings. The van der Waals surface area contributed by atoms with E-state index in [1.165, 1.54) is 18.2 Å². The van der Waals surface area contributed by atoms with E-state index >= 15 is 0 Å². The van der Waals surface area contributed by atoms with Crippen LogP contribution >= 0.6 is 10.7 Å². The standard InChI is InChI=1S/C13H18ClNO4S/c1-4-15(5-2)13(16)10-7-8-11(19-6-3)12(9-10)20(14,17)18/h7-9H,4-6H2,1-3H3. The third-order valence-electron chi connectivity index (χ3n) is 2.80. The Bertz CT molecular complexity index is 582. The molecule has 0 fully saturated rings. The highest BCUT2D eigenvalue weighted by Crippen LogP contribution is 2.28. The van der Waals surface area contributed by atoms with Crippen LogP contribution in [0.5, 0.6) is 5.75 Å². The molecule has 5 nitrogen and oxygen atoms in total. The van der Waals surface area contributed by atoms with Crippen molar-refractivity contribution in [3.05, 3.63) is 23.8 Å². The van der Waals surface area contributed by atoms with Gasteiger partial charge in [0, 0.05) is 29.3 Å². The quantitative estimate of drug-likeness (QED) is 0.756. The average Bonchev–Trinajstić information content (AvgIpc) is 2.39. The maximum Gasteiger partial charge on any atom is 0.265 e. The van der Waals surface area contributed by atoms with Crippen LogP contribution < -0.4 is 4.74 Å². The summed E-state index contributed by atoms with van der Waals surface area (Å²) in [7, 11) is 1.42. The monoisotopic (exact) mass is 319 g/mol. The molecule has 0 bridgehead atoms. The van der Waals surface area contributed by atoms with E-state index in [-0.39, 0.29) is 22.1 Å². The van der Waals surface area contributed by atoms with Crippen molar-refractivity contribution < 1.29 is 17.9 Å². The summed E-state index contributed by atoms with van der Waals surface area (Å²) in [5, 5.41) is 0. The maximum absolute atomic E-state index is 12.2. The fourth-order valence-electron chi connectivity index (χ4n) is 1.80. The van der Waals surface area contributed by atoms with Gasteiger partial charge in [-0.25, -0.2) is 8.42 Å². The minimum atomic E-state index is -3.97. The molecule has 0 radical (unpaired) electrons. The second-order valence-corrected chi connectivity index (χ2v) is 6.54. The van der Waals surface area contributed by atoms with Gasteiger partial charge in [-0.15, -0.1) is 0 Å². The molecule has 0 unspecified atom stereocenters. The highest BCUT2D eigenvalue weighted by atomic mass is 35.7. The van der Waals surface area contributed by atoms with Crippen LogP contribution in [0.3, 0.4) is 0 Å². The van der Waals surface area contributed by atoms with Crippen molar-refractivity contribution in [2.24, 2.45) is 0 Å². The van der Waals surface area contributed by atoms with E-state index in [4.69, 9.17) is 15.4 Å². The number of rotatable bonds is 6. The first kappa shape index (κ1) is 16.8. The summed E-state index contributed by atoms with van der Waals surface area (Å²) in [6, 6.07) is 4.25. The van der Waals surface area contributed by atoms with Crippen LogP contribution in [0.15, 0.2) is 23.1 Å². The van der Waals surface area contributed by atoms with Gasteiger partial charge in [-0.2, -0.15) is 0 Å². The molecule has 1 rings (SSSR count). The number of hydrogen-bond donors (Lipinski definition) is 0. The lowest BCUT2D eigenvalue weighted by Crippen LogP contribution is -2.30. The molecule has 0 N–H and O–H groups in total. The SMILES string of the molecule is CCOc1ccc(C(=O)N(CC)CC)cc1S(=O)(=O)Cl. The lowest BCUT2D eigenvalue weighted by Gasteiger charge is -2.19. The summed E-state index contributed by atoms with van der Waals surface area (Å²) >= 11 is 0. The van der Waals surface area contributed by atoms with Gasteiger partial charge in [0.15, 0.2) is 0 Å². The Hall–Kier alpha value is -1.27. The largest absolute Gasteiger partial charge is 0.492 e. The third kappa shape index (κ3) is 3.86. The van der Waals surface area contributed by atoms with Crippen LogP contribution in [0.1, 0.15) is 31.1 Å². The van der Waals surface area contributed by atoms with Crippen LogP contribution in [-0.2, 0) is 9.05 Å². The molecule has 0 heterocycles. The second-order valence-electron chi connectivity index (χ2n) is 4.01. The van der Waals surface area contributed by atoms with Crippen LogP contribution in [0.2, 0.25) is 0 Å². The summed E-state index contributed by atoms with van der Waals surface area (Å²) in [4.78, 5) is 13.6. The van der Waals surface area contributed by atoms with Crippen molar-refractivity contribution in [1.29, 1.82) is 0 Å². The number of halogens is 1. The zero-order chi connectivity index (χ0) is 15.3. The molecular formula is C13H18ClNO4S. The normalized spacial score (nSPS) is 11.2. The second kappa shape index (κ2) is 6.95. The van der Waals surface area contributed by atoms with Gasteiger partial charge >= 0.3 is 0 Å². The fourth-order valence-corrected chi connectivity index (χ4v) is 2.80. The highest BCUT2D eigenvalue weighted by molar-refractivity contribution is 8.13. The topological polar surface area (TPSA) is 63.7 Å². The van der Waals surface area contributed by atoms with Crippen molar-refractivity contribution in [3.63, 3.8) is 0 Å². The molecule has 20 heavy (non-hydrogen) atoms. The average molecular weight is 320 g/mol. The number of carbonyl (C=O) groups is 1. The molecule has 1 aromatic rings. The predicted molar refractivity (Wildman–Crippen MR) is 77.9 cm³/mol. The molecule has 1 aromatic carbocycles. The van der Waals surface area contributed by atoms with Gasteiger partial charge in [0.05, 0.1) is 6.61 Å². The van der Waals surface area contributed by atoms with Crippen molar-refractivity contribution in [2.75, 3.05) is 19.7 Å². The first-order valence-corrected chi connectivity index (χ1v) is 8.66. The van der Waals surface area contributed by atoms with E-state index in [1.807, 2.05) is 13.8 Å². The van der Waals surface area contributed by atoms with E-state index in [1.54, 1.807) is 11.8 Å². The molecule has 0 aliphatic carbocycles. The highest BCUT2D eigenvalue weighted by Gasteiger charge is 2.21. The molecule has 0 aliphatic heterocycles. The summed E-state index contributed by atoms with van der Waals surface area (Å²) in [6.45, 7) is 6.85. The van der Waals surface area contributed by atoms with Gasteiger partial charge in [-0.1, -0.05) is 0 Å². The lowest BCUT2D eigenvalue weighted by molar-refractivity contribution is 0.0772. The van der Waals surface area contributed by atoms with Gasteiger partial charge in [0.1, 0.15) is 10.6 Å². The molecule has 112 valence electrons. The Balaban J connectivity index is 3.29. The summed E-state index contributed by atoms with van der Waals surface area (Å²) in [5.41, 5.74) is 0.274. The Morgan fingerprint density at radius 3 is 2.30 bits per heavy atom. The summed E-state index contributed by atoms with van der Waals surface area (Å²) < 4.78 is 28.4. The fraction of sp³-hybridized carbons (Fsp3) is 0.462. The van der Waals surface area contributed by atoms with E-state index in [0.717, 1.165) is 0 Å². The van der Waals surface area contributed by atoms with Crippen molar-refractivity contribution in [3.8, 4) is 5.75 Å². The first-order chi connectivity index (χ1) is 9.35. The minimum Gasteiger partial charge on any atom is -0.492 e. The zero-order valence-corrected chi connectivity index (χ0v) is 13.3. The van der Waals surface area contributed by atoms with Gasteiger partial charge < -0.3 is 9.64 Å². The number of hydrogen-bond acceptors (Lipinski definition) is 4. The number of nitrogens with zero attached hydrogens (tertiary/aromatic N) is 1. The van der Waals surface area contributed by atoms with Crippen LogP contribution in [0.25, 0.3) is 0 Å². The Morgan fingerprint density at radius 1 is 1.25 bits per heavy atom. The smallest absolute Gasteiger partial charge is 0.265 e. The summed E-state index contributed by atoms with van der Waals surface area (Å²) in [5.74, 6) is -0.0850. The molecule has 0 saturated carbocycles. The van der Waals surface area contributed by atoms with Crippen molar-refractivity contribution >= 4 is 25.6 Å². The van der Waals surface area contributed by atoms with E-state index in [9.17, 15) is 13.2 Å². The molecule has 0 atom stereocenters. The van der Waals surface area contributed by atoms with E-state index < -0.39 is 9.05 Å². The molecule has 1 amide bonds. The molecule has 0 saturated heterocycles. The molecule has 0 spiro atoms. The number of benzene rings is 1. The van der Waals surface area contributed by atoms with Crippen LogP contribution in [0, 0.1) is 0 Å². The Kier molecular flexibility index (Phi) is 5.83. The van der Waals surface area contributed by atoms with Crippen molar-refractivity contribution in [2.45, 2.75) is 25.7 Å². The van der Waals surface area contributed by atoms with E-state index in [0.29, 0.717) is 19.7 Å². The Labute approximate surface area is 123 Å². The molecular weight excluding hydrogens is 302 g/mol. The van der Waals surface area contributed by atoms with E-state index in [2.05, 4.69) is 0 Å². The zero-order valence-electron chi connectivity index (χ0n) is 11.7. The molecule has 7 heteroatoms. The van der Waals surface area contributed by atoms with Crippen molar-refractivity contribution in [1.82, 2.24) is 4.90 Å². The number of carbonyl (C=O) groups excluding carboxylic acids is 1. The summed E-state index contributed by atoms with van der Waals surface area (Å²) in [6.07, 6.45) is 0. The van der Waals surface area contributed by atoms with Gasteiger partial charge in [0.2, 0.25) is 0 Å². The number of ether oxygens (including phenoxy) is 1. The lowest BCUT2D eigenvalue weighted by atomic mass is 10.2. The maximum atomic E-state index is 12.2. The number of amides is 1.